The SMILES string of the molecule is CCCCCCCC=CCCC=[C]OC. The summed E-state index contributed by atoms with van der Waals surface area (Å²) in [6.07, 6.45) is 19.4. The minimum atomic E-state index is 1.03. The zero-order chi connectivity index (χ0) is 11.2. The van der Waals surface area contributed by atoms with Crippen LogP contribution in [0.15, 0.2) is 18.2 Å². The van der Waals surface area contributed by atoms with Gasteiger partial charge in [-0.25, -0.2) is 0 Å². The van der Waals surface area contributed by atoms with Crippen molar-refractivity contribution in [2.45, 2.75) is 58.3 Å². The largest absolute Gasteiger partial charge is 0.493 e. The third-order valence-electron chi connectivity index (χ3n) is 2.32. The van der Waals surface area contributed by atoms with E-state index in [1.807, 2.05) is 6.08 Å². The first kappa shape index (κ1) is 14.3. The molecule has 0 fully saturated rings. The van der Waals surface area contributed by atoms with Gasteiger partial charge in [-0.2, -0.15) is 0 Å². The summed E-state index contributed by atoms with van der Waals surface area (Å²) in [6, 6.07) is 0. The number of rotatable bonds is 10. The second kappa shape index (κ2) is 13.3. The minimum Gasteiger partial charge on any atom is -0.493 e. The average Bonchev–Trinajstić information content (AvgIpc) is 2.26. The van der Waals surface area contributed by atoms with Crippen LogP contribution in [0.1, 0.15) is 58.3 Å². The lowest BCUT2D eigenvalue weighted by atomic mass is 10.1. The predicted octanol–water partition coefficient (Wildman–Crippen LogP) is 4.65. The fraction of sp³-hybridized carbons (Fsp3) is 0.714. The molecule has 0 N–H and O–H groups in total. The number of unbranched alkanes of at least 4 members (excludes halogenated alkanes) is 6. The Morgan fingerprint density at radius 3 is 2.40 bits per heavy atom. The topological polar surface area (TPSA) is 9.23 Å². The number of hydrogen-bond acceptors (Lipinski definition) is 1. The van der Waals surface area contributed by atoms with Gasteiger partial charge in [0, 0.05) is 0 Å². The maximum absolute atomic E-state index is 4.69. The fourth-order valence-corrected chi connectivity index (χ4v) is 1.42. The van der Waals surface area contributed by atoms with Gasteiger partial charge < -0.3 is 4.74 Å². The quantitative estimate of drug-likeness (QED) is 0.289. The highest BCUT2D eigenvalue weighted by atomic mass is 16.5. The summed E-state index contributed by atoms with van der Waals surface area (Å²) in [5.41, 5.74) is 0. The zero-order valence-corrected chi connectivity index (χ0v) is 10.3. The molecule has 1 heteroatoms. The Bertz CT molecular complexity index is 159. The predicted molar refractivity (Wildman–Crippen MR) is 66.6 cm³/mol. The van der Waals surface area contributed by atoms with E-state index < -0.39 is 0 Å². The first-order valence-corrected chi connectivity index (χ1v) is 6.17. The van der Waals surface area contributed by atoms with E-state index in [0.717, 1.165) is 12.8 Å². The van der Waals surface area contributed by atoms with E-state index in [4.69, 9.17) is 4.74 Å². The molecule has 15 heavy (non-hydrogen) atoms. The molecule has 0 unspecified atom stereocenters. The van der Waals surface area contributed by atoms with Crippen LogP contribution < -0.4 is 0 Å². The lowest BCUT2D eigenvalue weighted by Crippen LogP contribution is -1.76. The minimum absolute atomic E-state index is 1.03. The lowest BCUT2D eigenvalue weighted by Gasteiger charge is -1.95. The van der Waals surface area contributed by atoms with Crippen LogP contribution in [0.2, 0.25) is 0 Å². The van der Waals surface area contributed by atoms with Crippen molar-refractivity contribution in [2.75, 3.05) is 7.11 Å². The molecule has 0 amide bonds. The molecule has 0 bridgehead atoms. The molecule has 0 aromatic rings. The number of allylic oxidation sites excluding steroid dienone is 3. The van der Waals surface area contributed by atoms with Crippen LogP contribution in [0.25, 0.3) is 0 Å². The molecule has 0 aliphatic carbocycles. The first-order valence-electron chi connectivity index (χ1n) is 6.17. The van der Waals surface area contributed by atoms with Crippen molar-refractivity contribution in [2.24, 2.45) is 0 Å². The number of ether oxygens (including phenoxy) is 1. The van der Waals surface area contributed by atoms with E-state index in [9.17, 15) is 0 Å². The zero-order valence-electron chi connectivity index (χ0n) is 10.3. The van der Waals surface area contributed by atoms with E-state index in [1.165, 1.54) is 38.5 Å². The fourth-order valence-electron chi connectivity index (χ4n) is 1.42. The van der Waals surface area contributed by atoms with Crippen molar-refractivity contribution < 1.29 is 4.74 Å². The van der Waals surface area contributed by atoms with Crippen LogP contribution in [0, 0.1) is 6.26 Å². The molecule has 0 heterocycles. The third-order valence-corrected chi connectivity index (χ3v) is 2.32. The Morgan fingerprint density at radius 1 is 0.933 bits per heavy atom. The van der Waals surface area contributed by atoms with E-state index in [1.54, 1.807) is 7.11 Å². The van der Waals surface area contributed by atoms with Gasteiger partial charge >= 0.3 is 0 Å². The van der Waals surface area contributed by atoms with Gasteiger partial charge in [0.05, 0.1) is 7.11 Å². The van der Waals surface area contributed by atoms with Crippen LogP contribution in [0.5, 0.6) is 0 Å². The third kappa shape index (κ3) is 13.3. The van der Waals surface area contributed by atoms with Crippen LogP contribution in [-0.4, -0.2) is 7.11 Å². The standard InChI is InChI=1S/C14H25O/c1-3-4-5-6-7-8-9-10-11-12-13-14-15-2/h9-10,13H,3-8,11-12H2,1-2H3. The summed E-state index contributed by atoms with van der Waals surface area (Å²) in [7, 11) is 1.63. The molecular formula is C14H25O. The molecule has 0 spiro atoms. The smallest absolute Gasteiger partial charge is 0.156 e. The average molecular weight is 209 g/mol. The maximum Gasteiger partial charge on any atom is 0.156 e. The van der Waals surface area contributed by atoms with E-state index >= 15 is 0 Å². The summed E-state index contributed by atoms with van der Waals surface area (Å²) in [5, 5.41) is 0. The molecule has 87 valence electrons. The van der Waals surface area contributed by atoms with E-state index in [0.29, 0.717) is 0 Å². The molecule has 1 radical (unpaired) electrons. The Labute approximate surface area is 95.2 Å². The molecule has 0 atom stereocenters. The number of hydrogen-bond donors (Lipinski definition) is 0. The molecule has 0 saturated carbocycles. The highest BCUT2D eigenvalue weighted by Crippen LogP contribution is 2.05. The summed E-state index contributed by atoms with van der Waals surface area (Å²) in [5.74, 6) is 0. The molecule has 0 aliphatic rings. The molecule has 1 nitrogen and oxygen atoms in total. The Balaban J connectivity index is 3.07. The molecule has 0 saturated heterocycles. The molecular weight excluding hydrogens is 184 g/mol. The van der Waals surface area contributed by atoms with Crippen molar-refractivity contribution >= 4 is 0 Å². The van der Waals surface area contributed by atoms with Gasteiger partial charge in [0.1, 0.15) is 0 Å². The van der Waals surface area contributed by atoms with Gasteiger partial charge in [-0.1, -0.05) is 44.8 Å². The molecule has 0 aromatic carbocycles. The van der Waals surface area contributed by atoms with Gasteiger partial charge in [-0.05, 0) is 31.8 Å². The number of methoxy groups -OCH3 is 1. The van der Waals surface area contributed by atoms with Gasteiger partial charge in [0.2, 0.25) is 0 Å². The molecule has 0 aliphatic heterocycles. The second-order valence-electron chi connectivity index (χ2n) is 3.78. The molecule has 0 rings (SSSR count). The van der Waals surface area contributed by atoms with Gasteiger partial charge in [0.25, 0.3) is 0 Å². The normalized spacial score (nSPS) is 11.6. The van der Waals surface area contributed by atoms with Crippen molar-refractivity contribution in [1.82, 2.24) is 0 Å². The van der Waals surface area contributed by atoms with Gasteiger partial charge in [0.15, 0.2) is 6.26 Å². The first-order chi connectivity index (χ1) is 7.41. The van der Waals surface area contributed by atoms with Crippen LogP contribution in [-0.2, 0) is 4.74 Å². The highest BCUT2D eigenvalue weighted by molar-refractivity contribution is 4.84. The van der Waals surface area contributed by atoms with Gasteiger partial charge in [-0.15, -0.1) is 0 Å². The second-order valence-corrected chi connectivity index (χ2v) is 3.78. The Hall–Kier alpha value is -0.720. The molecule has 0 aromatic heterocycles. The summed E-state index contributed by atoms with van der Waals surface area (Å²) in [6.45, 7) is 2.25. The van der Waals surface area contributed by atoms with Crippen molar-refractivity contribution in [3.63, 3.8) is 0 Å². The lowest BCUT2D eigenvalue weighted by molar-refractivity contribution is 0.311. The van der Waals surface area contributed by atoms with Crippen molar-refractivity contribution in [1.29, 1.82) is 0 Å². The van der Waals surface area contributed by atoms with Crippen molar-refractivity contribution in [3.05, 3.63) is 24.5 Å². The monoisotopic (exact) mass is 209 g/mol. The summed E-state index contributed by atoms with van der Waals surface area (Å²) < 4.78 is 4.69. The highest BCUT2D eigenvalue weighted by Gasteiger charge is 1.86. The Kier molecular flexibility index (Phi) is 12.6. The van der Waals surface area contributed by atoms with E-state index in [2.05, 4.69) is 25.3 Å². The van der Waals surface area contributed by atoms with Gasteiger partial charge in [-0.3, -0.25) is 0 Å². The van der Waals surface area contributed by atoms with Crippen molar-refractivity contribution in [3.8, 4) is 0 Å². The van der Waals surface area contributed by atoms with Crippen LogP contribution in [0.4, 0.5) is 0 Å². The summed E-state index contributed by atoms with van der Waals surface area (Å²) in [4.78, 5) is 0. The Morgan fingerprint density at radius 2 is 1.67 bits per heavy atom. The summed E-state index contributed by atoms with van der Waals surface area (Å²) >= 11 is 0. The van der Waals surface area contributed by atoms with Crippen LogP contribution >= 0.6 is 0 Å². The van der Waals surface area contributed by atoms with Crippen LogP contribution in [0.3, 0.4) is 0 Å². The maximum atomic E-state index is 4.69. The van der Waals surface area contributed by atoms with E-state index in [-0.39, 0.29) is 0 Å².